The second-order valence-corrected chi connectivity index (χ2v) is 4.16. The molecule has 0 saturated carbocycles. The molecule has 0 saturated heterocycles. The third-order valence-electron chi connectivity index (χ3n) is 2.46. The SMILES string of the molecule is CCOc1ccc(CC(C)(N)C(=O)OC)cc1. The molecule has 0 amide bonds. The van der Waals surface area contributed by atoms with E-state index in [1.54, 1.807) is 6.92 Å². The molecule has 4 heteroatoms. The van der Waals surface area contributed by atoms with Crippen LogP contribution in [0.15, 0.2) is 24.3 Å². The first-order valence-electron chi connectivity index (χ1n) is 5.58. The van der Waals surface area contributed by atoms with Crippen molar-refractivity contribution in [3.05, 3.63) is 29.8 Å². The minimum absolute atomic E-state index is 0.411. The third-order valence-corrected chi connectivity index (χ3v) is 2.46. The van der Waals surface area contributed by atoms with Crippen LogP contribution in [0.3, 0.4) is 0 Å². The van der Waals surface area contributed by atoms with Gasteiger partial charge in [-0.25, -0.2) is 0 Å². The Kier molecular flexibility index (Phi) is 4.52. The highest BCUT2D eigenvalue weighted by molar-refractivity contribution is 5.80. The Morgan fingerprint density at radius 2 is 1.94 bits per heavy atom. The van der Waals surface area contributed by atoms with E-state index in [1.807, 2.05) is 31.2 Å². The smallest absolute Gasteiger partial charge is 0.325 e. The quantitative estimate of drug-likeness (QED) is 0.789. The summed E-state index contributed by atoms with van der Waals surface area (Å²) in [5.41, 5.74) is 5.87. The molecule has 0 bridgehead atoms. The Morgan fingerprint density at radius 1 is 1.35 bits per heavy atom. The van der Waals surface area contributed by atoms with Gasteiger partial charge in [0, 0.05) is 6.42 Å². The van der Waals surface area contributed by atoms with Crippen LogP contribution in [0.1, 0.15) is 19.4 Å². The monoisotopic (exact) mass is 237 g/mol. The van der Waals surface area contributed by atoms with Gasteiger partial charge in [-0.2, -0.15) is 0 Å². The van der Waals surface area contributed by atoms with Crippen LogP contribution in [0.4, 0.5) is 0 Å². The molecule has 0 aliphatic rings. The molecule has 94 valence electrons. The normalized spacial score (nSPS) is 13.9. The fraction of sp³-hybridized carbons (Fsp3) is 0.462. The predicted octanol–water partition coefficient (Wildman–Crippen LogP) is 1.52. The van der Waals surface area contributed by atoms with Gasteiger partial charge in [-0.1, -0.05) is 12.1 Å². The average Bonchev–Trinajstić information content (AvgIpc) is 2.30. The molecule has 1 unspecified atom stereocenters. The minimum Gasteiger partial charge on any atom is -0.494 e. The van der Waals surface area contributed by atoms with E-state index < -0.39 is 11.5 Å². The number of esters is 1. The summed E-state index contributed by atoms with van der Waals surface area (Å²) in [4.78, 5) is 11.4. The highest BCUT2D eigenvalue weighted by Crippen LogP contribution is 2.16. The number of methoxy groups -OCH3 is 1. The average molecular weight is 237 g/mol. The molecule has 4 nitrogen and oxygen atoms in total. The van der Waals surface area contributed by atoms with E-state index in [9.17, 15) is 4.79 Å². The summed E-state index contributed by atoms with van der Waals surface area (Å²) < 4.78 is 10.00. The fourth-order valence-corrected chi connectivity index (χ4v) is 1.60. The summed E-state index contributed by atoms with van der Waals surface area (Å²) in [6.45, 7) is 4.23. The first kappa shape index (κ1) is 13.5. The van der Waals surface area contributed by atoms with E-state index in [0.717, 1.165) is 11.3 Å². The molecule has 1 aromatic rings. The number of nitrogens with two attached hydrogens (primary N) is 1. The van der Waals surface area contributed by atoms with E-state index >= 15 is 0 Å². The Morgan fingerprint density at radius 3 is 2.41 bits per heavy atom. The molecule has 1 rings (SSSR count). The summed E-state index contributed by atoms with van der Waals surface area (Å²) in [5.74, 6) is 0.402. The molecule has 1 aromatic carbocycles. The van der Waals surface area contributed by atoms with Crippen LogP contribution in [0.2, 0.25) is 0 Å². The Balaban J connectivity index is 2.71. The summed E-state index contributed by atoms with van der Waals surface area (Å²) in [7, 11) is 1.34. The van der Waals surface area contributed by atoms with Crippen molar-refractivity contribution in [3.63, 3.8) is 0 Å². The first-order valence-corrected chi connectivity index (χ1v) is 5.58. The standard InChI is InChI=1S/C13H19NO3/c1-4-17-11-7-5-10(6-8-11)9-13(2,14)12(15)16-3/h5-8H,4,9,14H2,1-3H3. The van der Waals surface area contributed by atoms with Gasteiger partial charge in [0.05, 0.1) is 13.7 Å². The van der Waals surface area contributed by atoms with E-state index in [-0.39, 0.29) is 0 Å². The van der Waals surface area contributed by atoms with Gasteiger partial charge in [0.1, 0.15) is 11.3 Å². The van der Waals surface area contributed by atoms with Gasteiger partial charge in [-0.15, -0.1) is 0 Å². The molecule has 0 heterocycles. The van der Waals surface area contributed by atoms with Crippen molar-refractivity contribution < 1.29 is 14.3 Å². The summed E-state index contributed by atoms with van der Waals surface area (Å²) in [5, 5.41) is 0. The fourth-order valence-electron chi connectivity index (χ4n) is 1.60. The van der Waals surface area contributed by atoms with Crippen molar-refractivity contribution in [3.8, 4) is 5.75 Å². The topological polar surface area (TPSA) is 61.5 Å². The van der Waals surface area contributed by atoms with Crippen LogP contribution < -0.4 is 10.5 Å². The maximum Gasteiger partial charge on any atom is 0.325 e. The minimum atomic E-state index is -0.998. The van der Waals surface area contributed by atoms with Crippen molar-refractivity contribution in [2.24, 2.45) is 5.73 Å². The van der Waals surface area contributed by atoms with Gasteiger partial charge in [-0.05, 0) is 31.5 Å². The van der Waals surface area contributed by atoms with E-state index in [2.05, 4.69) is 4.74 Å². The van der Waals surface area contributed by atoms with Crippen LogP contribution in [-0.4, -0.2) is 25.2 Å². The maximum absolute atomic E-state index is 11.4. The summed E-state index contributed by atoms with van der Waals surface area (Å²) >= 11 is 0. The van der Waals surface area contributed by atoms with E-state index in [0.29, 0.717) is 13.0 Å². The molecule has 1 atom stereocenters. The van der Waals surface area contributed by atoms with Gasteiger partial charge in [0.25, 0.3) is 0 Å². The summed E-state index contributed by atoms with van der Waals surface area (Å²) in [6.07, 6.45) is 0.437. The Hall–Kier alpha value is -1.55. The number of carbonyl (C=O) groups is 1. The molecular formula is C13H19NO3. The summed E-state index contributed by atoms with van der Waals surface area (Å²) in [6, 6.07) is 7.54. The van der Waals surface area contributed by atoms with Gasteiger partial charge in [0.15, 0.2) is 0 Å². The van der Waals surface area contributed by atoms with Crippen molar-refractivity contribution in [2.75, 3.05) is 13.7 Å². The zero-order valence-corrected chi connectivity index (χ0v) is 10.5. The van der Waals surface area contributed by atoms with E-state index in [4.69, 9.17) is 10.5 Å². The lowest BCUT2D eigenvalue weighted by Gasteiger charge is -2.21. The third kappa shape index (κ3) is 3.75. The molecule has 0 aliphatic heterocycles. The van der Waals surface area contributed by atoms with Gasteiger partial charge in [0.2, 0.25) is 0 Å². The van der Waals surface area contributed by atoms with Gasteiger partial charge >= 0.3 is 5.97 Å². The van der Waals surface area contributed by atoms with Crippen molar-refractivity contribution >= 4 is 5.97 Å². The molecule has 0 radical (unpaired) electrons. The zero-order chi connectivity index (χ0) is 12.9. The van der Waals surface area contributed by atoms with Crippen LogP contribution in [0.25, 0.3) is 0 Å². The largest absolute Gasteiger partial charge is 0.494 e. The van der Waals surface area contributed by atoms with Crippen molar-refractivity contribution in [1.29, 1.82) is 0 Å². The molecule has 0 aliphatic carbocycles. The van der Waals surface area contributed by atoms with Crippen LogP contribution in [-0.2, 0) is 16.0 Å². The number of ether oxygens (including phenoxy) is 2. The number of hydrogen-bond acceptors (Lipinski definition) is 4. The Labute approximate surface area is 102 Å². The van der Waals surface area contributed by atoms with Gasteiger partial charge in [-0.3, -0.25) is 4.79 Å². The maximum atomic E-state index is 11.4. The van der Waals surface area contributed by atoms with Crippen LogP contribution in [0.5, 0.6) is 5.75 Å². The molecular weight excluding hydrogens is 218 g/mol. The number of rotatable bonds is 5. The number of benzene rings is 1. The lowest BCUT2D eigenvalue weighted by molar-refractivity contribution is -0.146. The molecule has 2 N–H and O–H groups in total. The number of hydrogen-bond donors (Lipinski definition) is 1. The molecule has 0 fully saturated rings. The second kappa shape index (κ2) is 5.68. The highest BCUT2D eigenvalue weighted by Gasteiger charge is 2.29. The van der Waals surface area contributed by atoms with Crippen molar-refractivity contribution in [2.45, 2.75) is 25.8 Å². The predicted molar refractivity (Wildman–Crippen MR) is 65.9 cm³/mol. The van der Waals surface area contributed by atoms with Gasteiger partial charge < -0.3 is 15.2 Å². The van der Waals surface area contributed by atoms with Crippen LogP contribution in [0, 0.1) is 0 Å². The number of carbonyl (C=O) groups excluding carboxylic acids is 1. The lowest BCUT2D eigenvalue weighted by atomic mass is 9.94. The molecule has 0 aromatic heterocycles. The highest BCUT2D eigenvalue weighted by atomic mass is 16.5. The van der Waals surface area contributed by atoms with Crippen LogP contribution >= 0.6 is 0 Å². The van der Waals surface area contributed by atoms with Crippen molar-refractivity contribution in [1.82, 2.24) is 0 Å². The zero-order valence-electron chi connectivity index (χ0n) is 10.5. The molecule has 17 heavy (non-hydrogen) atoms. The first-order chi connectivity index (χ1) is 7.99. The molecule has 0 spiro atoms. The lowest BCUT2D eigenvalue weighted by Crippen LogP contribution is -2.47. The second-order valence-electron chi connectivity index (χ2n) is 4.16. The Bertz CT molecular complexity index is 371. The van der Waals surface area contributed by atoms with E-state index in [1.165, 1.54) is 7.11 Å².